The molecule has 0 fully saturated rings. The van der Waals surface area contributed by atoms with Crippen LogP contribution in [0.25, 0.3) is 0 Å². The van der Waals surface area contributed by atoms with Gasteiger partial charge < -0.3 is 15.3 Å². The number of rotatable bonds is 5. The molecule has 0 saturated heterocycles. The summed E-state index contributed by atoms with van der Waals surface area (Å²) in [6.45, 7) is -0.231. The minimum absolute atomic E-state index is 0.0537. The van der Waals surface area contributed by atoms with Gasteiger partial charge in [0, 0.05) is 18.7 Å². The van der Waals surface area contributed by atoms with Crippen molar-refractivity contribution in [3.63, 3.8) is 0 Å². The number of nitro groups is 1. The van der Waals surface area contributed by atoms with E-state index in [9.17, 15) is 20.3 Å². The third-order valence-corrected chi connectivity index (χ3v) is 2.23. The van der Waals surface area contributed by atoms with Gasteiger partial charge in [-0.1, -0.05) is 0 Å². The molecule has 1 aromatic carbocycles. The van der Waals surface area contributed by atoms with Crippen molar-refractivity contribution in [1.29, 1.82) is 0 Å². The molecule has 0 aromatic heterocycles. The van der Waals surface area contributed by atoms with Crippen LogP contribution in [0.5, 0.6) is 0 Å². The van der Waals surface area contributed by atoms with Gasteiger partial charge in [0.2, 0.25) is 0 Å². The van der Waals surface area contributed by atoms with Gasteiger partial charge in [0.15, 0.2) is 0 Å². The fraction of sp³-hybridized carbons (Fsp3) is 0.400. The molecule has 0 aliphatic rings. The van der Waals surface area contributed by atoms with E-state index in [1.807, 2.05) is 0 Å². The molecule has 0 aliphatic heterocycles. The molecular weight excluding hydrogens is 214 g/mol. The number of aliphatic hydroxyl groups excluding tert-OH is 3. The van der Waals surface area contributed by atoms with Gasteiger partial charge in [-0.2, -0.15) is 0 Å². The van der Waals surface area contributed by atoms with Crippen molar-refractivity contribution in [2.45, 2.75) is 18.6 Å². The highest BCUT2D eigenvalue weighted by molar-refractivity contribution is 5.34. The predicted molar refractivity (Wildman–Crippen MR) is 55.8 cm³/mol. The van der Waals surface area contributed by atoms with Gasteiger partial charge in [-0.25, -0.2) is 0 Å². The summed E-state index contributed by atoms with van der Waals surface area (Å²) in [4.78, 5) is 9.84. The number of non-ortho nitro benzene ring substituents is 1. The molecule has 3 N–H and O–H groups in total. The van der Waals surface area contributed by atoms with E-state index in [1.165, 1.54) is 24.3 Å². The van der Waals surface area contributed by atoms with Gasteiger partial charge in [0.25, 0.3) is 5.69 Å². The third-order valence-electron chi connectivity index (χ3n) is 2.23. The lowest BCUT2D eigenvalue weighted by Gasteiger charge is -2.16. The molecular formula is C10H13NO5. The summed E-state index contributed by atoms with van der Waals surface area (Å²) in [6, 6.07) is 5.27. The molecule has 0 saturated carbocycles. The molecule has 0 spiro atoms. The van der Waals surface area contributed by atoms with E-state index < -0.39 is 17.1 Å². The fourth-order valence-corrected chi connectivity index (χ4v) is 1.31. The van der Waals surface area contributed by atoms with Gasteiger partial charge in [-0.15, -0.1) is 0 Å². The van der Waals surface area contributed by atoms with Crippen molar-refractivity contribution >= 4 is 5.69 Å². The molecule has 2 unspecified atom stereocenters. The maximum Gasteiger partial charge on any atom is 0.269 e. The average Bonchev–Trinajstić information content (AvgIpc) is 2.28. The van der Waals surface area contributed by atoms with Crippen molar-refractivity contribution in [1.82, 2.24) is 0 Å². The van der Waals surface area contributed by atoms with E-state index >= 15 is 0 Å². The molecule has 16 heavy (non-hydrogen) atoms. The molecule has 6 nitrogen and oxygen atoms in total. The Hall–Kier alpha value is -1.50. The molecule has 0 bridgehead atoms. The quantitative estimate of drug-likeness (QED) is 0.498. The third kappa shape index (κ3) is 2.99. The van der Waals surface area contributed by atoms with Crippen molar-refractivity contribution < 1.29 is 20.2 Å². The van der Waals surface area contributed by atoms with Crippen LogP contribution in [0.3, 0.4) is 0 Å². The van der Waals surface area contributed by atoms with Crippen LogP contribution < -0.4 is 0 Å². The number of benzene rings is 1. The van der Waals surface area contributed by atoms with E-state index in [1.54, 1.807) is 0 Å². The number of hydrogen-bond donors (Lipinski definition) is 3. The molecule has 0 heterocycles. The molecule has 88 valence electrons. The SMILES string of the molecule is O=[N+]([O-])c1ccc(C(O)C(O)CCO)cc1. The zero-order chi connectivity index (χ0) is 12.1. The average molecular weight is 227 g/mol. The predicted octanol–water partition coefficient (Wildman–Crippen LogP) is 0.371. The van der Waals surface area contributed by atoms with E-state index in [-0.39, 0.29) is 18.7 Å². The van der Waals surface area contributed by atoms with Gasteiger partial charge in [-0.05, 0) is 24.1 Å². The van der Waals surface area contributed by atoms with Crippen molar-refractivity contribution in [3.05, 3.63) is 39.9 Å². The zero-order valence-electron chi connectivity index (χ0n) is 8.48. The Morgan fingerprint density at radius 1 is 1.25 bits per heavy atom. The van der Waals surface area contributed by atoms with Crippen LogP contribution in [0.4, 0.5) is 5.69 Å². The summed E-state index contributed by atoms with van der Waals surface area (Å²) in [5, 5.41) is 38.0. The van der Waals surface area contributed by atoms with Crippen molar-refractivity contribution in [2.75, 3.05) is 6.61 Å². The number of hydrogen-bond acceptors (Lipinski definition) is 5. The van der Waals surface area contributed by atoms with Crippen LogP contribution in [0.2, 0.25) is 0 Å². The second-order valence-corrected chi connectivity index (χ2v) is 3.37. The Bertz CT molecular complexity index is 351. The number of nitrogens with zero attached hydrogens (tertiary/aromatic N) is 1. The summed E-state index contributed by atoms with van der Waals surface area (Å²) in [5.74, 6) is 0. The van der Waals surface area contributed by atoms with Gasteiger partial charge >= 0.3 is 0 Å². The van der Waals surface area contributed by atoms with E-state index in [4.69, 9.17) is 5.11 Å². The van der Waals surface area contributed by atoms with Crippen LogP contribution in [0.1, 0.15) is 18.1 Å². The lowest BCUT2D eigenvalue weighted by atomic mass is 10.0. The van der Waals surface area contributed by atoms with Gasteiger partial charge in [0.05, 0.1) is 11.0 Å². The highest BCUT2D eigenvalue weighted by Gasteiger charge is 2.18. The Balaban J connectivity index is 2.77. The van der Waals surface area contributed by atoms with Crippen LogP contribution in [0.15, 0.2) is 24.3 Å². The summed E-state index contributed by atoms with van der Waals surface area (Å²) >= 11 is 0. The molecule has 2 atom stereocenters. The standard InChI is InChI=1S/C10H13NO5/c12-6-5-9(13)10(14)7-1-3-8(4-2-7)11(15)16/h1-4,9-10,12-14H,5-6H2. The highest BCUT2D eigenvalue weighted by atomic mass is 16.6. The fourth-order valence-electron chi connectivity index (χ4n) is 1.31. The molecule has 6 heteroatoms. The molecule has 0 aliphatic carbocycles. The topological polar surface area (TPSA) is 104 Å². The maximum absolute atomic E-state index is 10.4. The number of nitro benzene ring substituents is 1. The Kier molecular flexibility index (Phi) is 4.36. The van der Waals surface area contributed by atoms with E-state index in [2.05, 4.69) is 0 Å². The van der Waals surface area contributed by atoms with Crippen LogP contribution in [0, 0.1) is 10.1 Å². The molecule has 0 radical (unpaired) electrons. The first kappa shape index (κ1) is 12.6. The first-order valence-corrected chi connectivity index (χ1v) is 4.77. The molecule has 1 aromatic rings. The second kappa shape index (κ2) is 5.55. The minimum Gasteiger partial charge on any atom is -0.396 e. The Labute approximate surface area is 91.9 Å². The highest BCUT2D eigenvalue weighted by Crippen LogP contribution is 2.21. The molecule has 1 rings (SSSR count). The zero-order valence-corrected chi connectivity index (χ0v) is 8.48. The summed E-state index contributed by atoms with van der Waals surface area (Å²) < 4.78 is 0. The van der Waals surface area contributed by atoms with Crippen molar-refractivity contribution in [3.8, 4) is 0 Å². The monoisotopic (exact) mass is 227 g/mol. The summed E-state index contributed by atoms with van der Waals surface area (Å²) in [5.41, 5.74) is 0.305. The van der Waals surface area contributed by atoms with Crippen LogP contribution in [-0.2, 0) is 0 Å². The number of aliphatic hydroxyl groups is 3. The normalized spacial score (nSPS) is 14.4. The lowest BCUT2D eigenvalue weighted by molar-refractivity contribution is -0.384. The lowest BCUT2D eigenvalue weighted by Crippen LogP contribution is -2.19. The molecule has 0 amide bonds. The van der Waals surface area contributed by atoms with Gasteiger partial charge in [-0.3, -0.25) is 10.1 Å². The summed E-state index contributed by atoms with van der Waals surface area (Å²) in [6.07, 6.45) is -2.17. The van der Waals surface area contributed by atoms with E-state index in [0.717, 1.165) is 0 Å². The van der Waals surface area contributed by atoms with Crippen LogP contribution >= 0.6 is 0 Å². The Morgan fingerprint density at radius 2 is 1.81 bits per heavy atom. The largest absolute Gasteiger partial charge is 0.396 e. The van der Waals surface area contributed by atoms with E-state index in [0.29, 0.717) is 5.56 Å². The second-order valence-electron chi connectivity index (χ2n) is 3.37. The Morgan fingerprint density at radius 3 is 2.25 bits per heavy atom. The first-order chi connectivity index (χ1) is 7.56. The summed E-state index contributed by atoms with van der Waals surface area (Å²) in [7, 11) is 0. The van der Waals surface area contributed by atoms with Gasteiger partial charge in [0.1, 0.15) is 6.10 Å². The maximum atomic E-state index is 10.4. The minimum atomic E-state index is -1.15. The smallest absolute Gasteiger partial charge is 0.269 e. The first-order valence-electron chi connectivity index (χ1n) is 4.77. The van der Waals surface area contributed by atoms with Crippen LogP contribution in [-0.4, -0.2) is 33.0 Å². The van der Waals surface area contributed by atoms with Crippen molar-refractivity contribution in [2.24, 2.45) is 0 Å².